The third-order valence-electron chi connectivity index (χ3n) is 4.15. The van der Waals surface area contributed by atoms with Gasteiger partial charge in [-0.15, -0.1) is 0 Å². The number of carboxylic acid groups (broad SMARTS) is 1. The number of nitrogens with one attached hydrogen (secondary N) is 1. The second-order valence-corrected chi connectivity index (χ2v) is 6.40. The number of rotatable bonds is 3. The first-order valence-electron chi connectivity index (χ1n) is 7.23. The molecule has 0 atom stereocenters. The van der Waals surface area contributed by atoms with Gasteiger partial charge < -0.3 is 5.11 Å². The van der Waals surface area contributed by atoms with E-state index in [0.29, 0.717) is 11.6 Å². The summed E-state index contributed by atoms with van der Waals surface area (Å²) in [6.07, 6.45) is 6.46. The van der Waals surface area contributed by atoms with Gasteiger partial charge in [0.25, 0.3) is 0 Å². The molecule has 0 aliphatic heterocycles. The van der Waals surface area contributed by atoms with Gasteiger partial charge in [0, 0.05) is 10.0 Å². The van der Waals surface area contributed by atoms with Crippen LogP contribution in [-0.2, 0) is 0 Å². The Morgan fingerprint density at radius 2 is 2.00 bits per heavy atom. The normalized spacial score (nSPS) is 16.0. The molecule has 1 heterocycles. The molecule has 1 fully saturated rings. The maximum absolute atomic E-state index is 10.9. The predicted molar refractivity (Wildman–Crippen MR) is 84.5 cm³/mol. The number of halogens is 1. The lowest BCUT2D eigenvalue weighted by molar-refractivity contribution is 0.0690. The minimum Gasteiger partial charge on any atom is -0.477 e. The van der Waals surface area contributed by atoms with Crippen LogP contribution in [0.1, 0.15) is 54.1 Å². The van der Waals surface area contributed by atoms with Crippen molar-refractivity contribution in [3.8, 4) is 11.3 Å². The molecule has 3 rings (SSSR count). The molecule has 4 nitrogen and oxygen atoms in total. The molecule has 0 spiro atoms. The summed E-state index contributed by atoms with van der Waals surface area (Å²) in [4.78, 5) is 10.9. The van der Waals surface area contributed by atoms with Gasteiger partial charge in [-0.25, -0.2) is 4.79 Å². The Kier molecular flexibility index (Phi) is 4.10. The van der Waals surface area contributed by atoms with Gasteiger partial charge in [0.2, 0.25) is 0 Å². The van der Waals surface area contributed by atoms with E-state index in [2.05, 4.69) is 32.2 Å². The van der Waals surface area contributed by atoms with Gasteiger partial charge in [0.05, 0.1) is 5.69 Å². The van der Waals surface area contributed by atoms with Crippen LogP contribution in [0.3, 0.4) is 0 Å². The average Bonchev–Trinajstić information content (AvgIpc) is 2.98. The number of H-pyrrole nitrogens is 1. The second kappa shape index (κ2) is 6.02. The average molecular weight is 349 g/mol. The van der Waals surface area contributed by atoms with E-state index < -0.39 is 5.97 Å². The van der Waals surface area contributed by atoms with Crippen molar-refractivity contribution in [2.75, 3.05) is 0 Å². The van der Waals surface area contributed by atoms with E-state index in [1.165, 1.54) is 37.7 Å². The Morgan fingerprint density at radius 3 is 2.62 bits per heavy atom. The lowest BCUT2D eigenvalue weighted by atomic mass is 9.84. The van der Waals surface area contributed by atoms with Crippen LogP contribution in [-0.4, -0.2) is 21.3 Å². The van der Waals surface area contributed by atoms with Crippen LogP contribution in [0.25, 0.3) is 11.3 Å². The quantitative estimate of drug-likeness (QED) is 0.852. The molecule has 1 aromatic heterocycles. The highest BCUT2D eigenvalue weighted by atomic mass is 79.9. The van der Waals surface area contributed by atoms with Crippen LogP contribution in [0.15, 0.2) is 28.7 Å². The summed E-state index contributed by atoms with van der Waals surface area (Å²) in [5, 5.41) is 15.5. The third kappa shape index (κ3) is 3.02. The highest BCUT2D eigenvalue weighted by Crippen LogP contribution is 2.37. The summed E-state index contributed by atoms with van der Waals surface area (Å²) in [5.41, 5.74) is 3.04. The molecule has 2 aromatic rings. The molecule has 2 N–H and O–H groups in total. The molecule has 1 aliphatic rings. The van der Waals surface area contributed by atoms with Crippen molar-refractivity contribution >= 4 is 21.9 Å². The molecule has 5 heteroatoms. The van der Waals surface area contributed by atoms with E-state index in [9.17, 15) is 4.79 Å². The molecule has 1 saturated carbocycles. The Hall–Kier alpha value is -1.62. The minimum absolute atomic E-state index is 0.109. The SMILES string of the molecule is O=C(O)c1cc(-c2ccc(C3CCCCC3)c(Br)c2)n[nH]1. The highest BCUT2D eigenvalue weighted by Gasteiger charge is 2.18. The molecule has 0 radical (unpaired) electrons. The molecule has 0 amide bonds. The number of nitrogens with zero attached hydrogens (tertiary/aromatic N) is 1. The van der Waals surface area contributed by atoms with Gasteiger partial charge in [0.1, 0.15) is 5.69 Å². The summed E-state index contributed by atoms with van der Waals surface area (Å²) < 4.78 is 1.09. The van der Waals surface area contributed by atoms with Crippen molar-refractivity contribution in [3.05, 3.63) is 40.0 Å². The molecule has 0 saturated heterocycles. The molecular formula is C16H17BrN2O2. The lowest BCUT2D eigenvalue weighted by Gasteiger charge is -2.23. The second-order valence-electron chi connectivity index (χ2n) is 5.54. The number of benzene rings is 1. The Morgan fingerprint density at radius 1 is 1.24 bits per heavy atom. The van der Waals surface area contributed by atoms with Gasteiger partial charge in [-0.05, 0) is 36.5 Å². The number of hydrogen-bond donors (Lipinski definition) is 2. The lowest BCUT2D eigenvalue weighted by Crippen LogP contribution is -2.05. The minimum atomic E-state index is -0.994. The van der Waals surface area contributed by atoms with E-state index in [4.69, 9.17) is 5.11 Å². The number of aromatic nitrogens is 2. The number of hydrogen-bond acceptors (Lipinski definition) is 2. The van der Waals surface area contributed by atoms with Crippen molar-refractivity contribution in [1.29, 1.82) is 0 Å². The van der Waals surface area contributed by atoms with Crippen LogP contribution >= 0.6 is 15.9 Å². The number of aromatic amines is 1. The maximum Gasteiger partial charge on any atom is 0.353 e. The zero-order valence-corrected chi connectivity index (χ0v) is 13.2. The largest absolute Gasteiger partial charge is 0.477 e. The van der Waals surface area contributed by atoms with Crippen LogP contribution in [0.5, 0.6) is 0 Å². The monoisotopic (exact) mass is 348 g/mol. The van der Waals surface area contributed by atoms with Crippen LogP contribution in [0.2, 0.25) is 0 Å². The topological polar surface area (TPSA) is 66.0 Å². The Bertz CT molecular complexity index is 660. The summed E-state index contributed by atoms with van der Waals surface area (Å²) in [6.45, 7) is 0. The summed E-state index contributed by atoms with van der Waals surface area (Å²) >= 11 is 3.66. The molecule has 1 aromatic carbocycles. The summed E-state index contributed by atoms with van der Waals surface area (Å²) in [7, 11) is 0. The molecule has 21 heavy (non-hydrogen) atoms. The van der Waals surface area contributed by atoms with Gasteiger partial charge in [-0.2, -0.15) is 5.10 Å². The van der Waals surface area contributed by atoms with Crippen LogP contribution in [0.4, 0.5) is 0 Å². The first kappa shape index (κ1) is 14.3. The third-order valence-corrected chi connectivity index (χ3v) is 4.84. The van der Waals surface area contributed by atoms with E-state index >= 15 is 0 Å². The Balaban J connectivity index is 1.87. The van der Waals surface area contributed by atoms with E-state index in [1.807, 2.05) is 12.1 Å². The summed E-state index contributed by atoms with van der Waals surface area (Å²) in [5.74, 6) is -0.359. The first-order chi connectivity index (χ1) is 10.1. The van der Waals surface area contributed by atoms with Gasteiger partial charge in [-0.1, -0.05) is 47.3 Å². The van der Waals surface area contributed by atoms with Gasteiger partial charge >= 0.3 is 5.97 Å². The smallest absolute Gasteiger partial charge is 0.353 e. The van der Waals surface area contributed by atoms with Crippen molar-refractivity contribution in [3.63, 3.8) is 0 Å². The highest BCUT2D eigenvalue weighted by molar-refractivity contribution is 9.10. The van der Waals surface area contributed by atoms with Crippen molar-refractivity contribution in [2.24, 2.45) is 0 Å². The Labute approximate surface area is 131 Å². The van der Waals surface area contributed by atoms with Crippen LogP contribution < -0.4 is 0 Å². The predicted octanol–water partition coefficient (Wildman–Crippen LogP) is 4.59. The summed E-state index contributed by atoms with van der Waals surface area (Å²) in [6, 6.07) is 7.76. The molecule has 110 valence electrons. The fraction of sp³-hybridized carbons (Fsp3) is 0.375. The molecule has 0 unspecified atom stereocenters. The zero-order valence-electron chi connectivity index (χ0n) is 11.6. The standard InChI is InChI=1S/C16H17BrN2O2/c17-13-8-11(14-9-15(16(20)21)19-18-14)6-7-12(13)10-4-2-1-3-5-10/h6-10H,1-5H2,(H,18,19)(H,20,21). The van der Waals surface area contributed by atoms with E-state index in [0.717, 1.165) is 10.0 Å². The number of aromatic carboxylic acids is 1. The molecule has 0 bridgehead atoms. The van der Waals surface area contributed by atoms with Crippen LogP contribution in [0, 0.1) is 0 Å². The van der Waals surface area contributed by atoms with E-state index in [-0.39, 0.29) is 5.69 Å². The van der Waals surface area contributed by atoms with Crippen molar-refractivity contribution in [2.45, 2.75) is 38.0 Å². The first-order valence-corrected chi connectivity index (χ1v) is 8.03. The maximum atomic E-state index is 10.9. The fourth-order valence-electron chi connectivity index (χ4n) is 3.01. The molecular weight excluding hydrogens is 332 g/mol. The number of carbonyl (C=O) groups is 1. The van der Waals surface area contributed by atoms with E-state index in [1.54, 1.807) is 6.07 Å². The zero-order chi connectivity index (χ0) is 14.8. The molecule has 1 aliphatic carbocycles. The van der Waals surface area contributed by atoms with Gasteiger partial charge in [0.15, 0.2) is 0 Å². The fourth-order valence-corrected chi connectivity index (χ4v) is 3.71. The van der Waals surface area contributed by atoms with Gasteiger partial charge in [-0.3, -0.25) is 5.10 Å². The van der Waals surface area contributed by atoms with Crippen molar-refractivity contribution < 1.29 is 9.90 Å². The van der Waals surface area contributed by atoms with Crippen molar-refractivity contribution in [1.82, 2.24) is 10.2 Å². The number of carboxylic acids is 1.